The van der Waals surface area contributed by atoms with E-state index in [2.05, 4.69) is 15.6 Å². The number of halogens is 1. The maximum Gasteiger partial charge on any atom is 0.328 e. The molecule has 0 radical (unpaired) electrons. The Morgan fingerprint density at radius 2 is 1.71 bits per heavy atom. The molecular weight excluding hydrogens is 492 g/mol. The number of hydrogen-bond acceptors (Lipinski definition) is 6. The molecule has 2 rings (SSSR count). The van der Waals surface area contributed by atoms with Gasteiger partial charge >= 0.3 is 6.03 Å². The van der Waals surface area contributed by atoms with Crippen molar-refractivity contribution in [3.63, 3.8) is 0 Å². The van der Waals surface area contributed by atoms with E-state index in [1.165, 1.54) is 12.1 Å². The first-order chi connectivity index (χ1) is 16.7. The van der Waals surface area contributed by atoms with Gasteiger partial charge in [-0.25, -0.2) is 22.9 Å². The average Bonchev–Trinajstić information content (AvgIpc) is 2.81. The SMILES string of the molecule is CCCCNC(=O)NS(=O)(=O)c1ccc(CCNC(=O)c2cc(Cl)c(C)nc2OCCCC)cc1. The van der Waals surface area contributed by atoms with Crippen LogP contribution in [0.2, 0.25) is 5.02 Å². The van der Waals surface area contributed by atoms with Gasteiger partial charge in [0.05, 0.1) is 22.2 Å². The Morgan fingerprint density at radius 3 is 2.37 bits per heavy atom. The van der Waals surface area contributed by atoms with E-state index in [0.29, 0.717) is 36.8 Å². The molecule has 0 fully saturated rings. The lowest BCUT2D eigenvalue weighted by atomic mass is 10.1. The van der Waals surface area contributed by atoms with Crippen LogP contribution in [0.15, 0.2) is 35.2 Å². The molecule has 9 nitrogen and oxygen atoms in total. The summed E-state index contributed by atoms with van der Waals surface area (Å²) in [5, 5.41) is 5.70. The molecule has 3 amide bonds. The fourth-order valence-electron chi connectivity index (χ4n) is 2.99. The average molecular weight is 525 g/mol. The Labute approximate surface area is 212 Å². The predicted molar refractivity (Wildman–Crippen MR) is 135 cm³/mol. The molecule has 0 aliphatic rings. The Kier molecular flexibility index (Phi) is 11.3. The van der Waals surface area contributed by atoms with Crippen molar-refractivity contribution in [2.45, 2.75) is 57.8 Å². The number of aryl methyl sites for hydroxylation is 1. The first-order valence-corrected chi connectivity index (χ1v) is 13.5. The van der Waals surface area contributed by atoms with E-state index >= 15 is 0 Å². The summed E-state index contributed by atoms with van der Waals surface area (Å²) in [6.07, 6.45) is 3.92. The zero-order valence-electron chi connectivity index (χ0n) is 20.3. The fraction of sp³-hybridized carbons (Fsp3) is 0.458. The van der Waals surface area contributed by atoms with Crippen molar-refractivity contribution >= 4 is 33.6 Å². The number of nitrogens with one attached hydrogen (secondary N) is 3. The lowest BCUT2D eigenvalue weighted by Crippen LogP contribution is -2.39. The van der Waals surface area contributed by atoms with E-state index in [4.69, 9.17) is 16.3 Å². The number of nitrogens with zero attached hydrogens (tertiary/aromatic N) is 1. The number of amides is 3. The van der Waals surface area contributed by atoms with Gasteiger partial charge in [-0.1, -0.05) is 50.4 Å². The Bertz CT molecular complexity index is 1110. The molecule has 0 saturated carbocycles. The smallest absolute Gasteiger partial charge is 0.328 e. The van der Waals surface area contributed by atoms with E-state index < -0.39 is 16.1 Å². The second kappa shape index (κ2) is 13.9. The van der Waals surface area contributed by atoms with Crippen molar-refractivity contribution in [3.05, 3.63) is 52.2 Å². The number of carbonyl (C=O) groups is 2. The standard InChI is InChI=1S/C24H33ClN4O5S/c1-4-6-13-27-24(31)29-35(32,33)19-10-8-18(9-11-19)12-14-26-22(30)20-16-21(25)17(3)28-23(20)34-15-7-5-2/h8-11,16H,4-7,12-15H2,1-3H3,(H,26,30)(H2,27,29,31). The molecule has 0 aliphatic heterocycles. The van der Waals surface area contributed by atoms with E-state index in [1.807, 2.05) is 18.6 Å². The van der Waals surface area contributed by atoms with E-state index in [9.17, 15) is 18.0 Å². The van der Waals surface area contributed by atoms with Gasteiger partial charge in [0.2, 0.25) is 5.88 Å². The van der Waals surface area contributed by atoms with Gasteiger partial charge in [-0.3, -0.25) is 4.79 Å². The van der Waals surface area contributed by atoms with Crippen LogP contribution in [0.5, 0.6) is 5.88 Å². The number of aromatic nitrogens is 1. The maximum absolute atomic E-state index is 12.7. The van der Waals surface area contributed by atoms with Crippen molar-refractivity contribution < 1.29 is 22.7 Å². The van der Waals surface area contributed by atoms with Crippen molar-refractivity contribution in [2.24, 2.45) is 0 Å². The van der Waals surface area contributed by atoms with Crippen molar-refractivity contribution in [3.8, 4) is 5.88 Å². The van der Waals surface area contributed by atoms with Crippen molar-refractivity contribution in [1.29, 1.82) is 0 Å². The number of sulfonamides is 1. The summed E-state index contributed by atoms with van der Waals surface area (Å²) in [5.41, 5.74) is 1.66. The third kappa shape index (κ3) is 9.03. The van der Waals surface area contributed by atoms with Gasteiger partial charge in [-0.2, -0.15) is 0 Å². The molecule has 1 aromatic carbocycles. The van der Waals surface area contributed by atoms with Crippen LogP contribution in [0.1, 0.15) is 61.1 Å². The number of ether oxygens (including phenoxy) is 1. The van der Waals surface area contributed by atoms with Crippen LogP contribution >= 0.6 is 11.6 Å². The van der Waals surface area contributed by atoms with Crippen LogP contribution in [0, 0.1) is 6.92 Å². The Hall–Kier alpha value is -2.85. The molecule has 11 heteroatoms. The second-order valence-corrected chi connectivity index (χ2v) is 10.1. The van der Waals surface area contributed by atoms with Crippen LogP contribution in [-0.4, -0.2) is 45.0 Å². The van der Waals surface area contributed by atoms with Gasteiger partial charge in [0.15, 0.2) is 0 Å². The monoisotopic (exact) mass is 524 g/mol. The highest BCUT2D eigenvalue weighted by atomic mass is 35.5. The molecule has 0 unspecified atom stereocenters. The first-order valence-electron chi connectivity index (χ1n) is 11.7. The first kappa shape index (κ1) is 28.4. The largest absolute Gasteiger partial charge is 0.477 e. The van der Waals surface area contributed by atoms with E-state index in [-0.39, 0.29) is 22.2 Å². The second-order valence-electron chi connectivity index (χ2n) is 7.98. The molecule has 2 aromatic rings. The van der Waals surface area contributed by atoms with Crippen LogP contribution < -0.4 is 20.1 Å². The van der Waals surface area contributed by atoms with Gasteiger partial charge in [0, 0.05) is 13.1 Å². The molecule has 3 N–H and O–H groups in total. The lowest BCUT2D eigenvalue weighted by Gasteiger charge is -2.12. The third-order valence-electron chi connectivity index (χ3n) is 5.07. The minimum Gasteiger partial charge on any atom is -0.477 e. The Balaban J connectivity index is 1.94. The van der Waals surface area contributed by atoms with Crippen LogP contribution in [-0.2, 0) is 16.4 Å². The minimum absolute atomic E-state index is 0.0230. The number of unbranched alkanes of at least 4 members (excludes halogenated alkanes) is 2. The zero-order chi connectivity index (χ0) is 25.8. The van der Waals surface area contributed by atoms with Crippen LogP contribution in [0.4, 0.5) is 4.79 Å². The molecule has 0 bridgehead atoms. The molecule has 1 heterocycles. The van der Waals surface area contributed by atoms with E-state index in [0.717, 1.165) is 31.2 Å². The molecule has 35 heavy (non-hydrogen) atoms. The van der Waals surface area contributed by atoms with Crippen molar-refractivity contribution in [2.75, 3.05) is 19.7 Å². The number of benzene rings is 1. The van der Waals surface area contributed by atoms with Gasteiger partial charge in [-0.05, 0) is 49.9 Å². The number of urea groups is 1. The highest BCUT2D eigenvalue weighted by molar-refractivity contribution is 7.90. The maximum atomic E-state index is 12.7. The van der Waals surface area contributed by atoms with Gasteiger partial charge in [-0.15, -0.1) is 0 Å². The molecule has 0 saturated heterocycles. The van der Waals surface area contributed by atoms with Crippen LogP contribution in [0.25, 0.3) is 0 Å². The molecule has 192 valence electrons. The minimum atomic E-state index is -3.97. The number of pyridine rings is 1. The summed E-state index contributed by atoms with van der Waals surface area (Å²) in [6.45, 7) is 6.92. The summed E-state index contributed by atoms with van der Waals surface area (Å²) < 4.78 is 32.4. The molecule has 0 aliphatic carbocycles. The lowest BCUT2D eigenvalue weighted by molar-refractivity contribution is 0.0949. The third-order valence-corrected chi connectivity index (χ3v) is 6.80. The van der Waals surface area contributed by atoms with Gasteiger partial charge < -0.3 is 15.4 Å². The number of carbonyl (C=O) groups excluding carboxylic acids is 2. The summed E-state index contributed by atoms with van der Waals surface area (Å²) >= 11 is 6.16. The zero-order valence-corrected chi connectivity index (χ0v) is 21.9. The molecular formula is C24H33ClN4O5S. The summed E-state index contributed by atoms with van der Waals surface area (Å²) in [5.74, 6) is -0.109. The normalized spacial score (nSPS) is 11.1. The molecule has 0 spiro atoms. The summed E-state index contributed by atoms with van der Waals surface area (Å²) in [6, 6.07) is 6.91. The highest BCUT2D eigenvalue weighted by Crippen LogP contribution is 2.23. The predicted octanol–water partition coefficient (Wildman–Crippen LogP) is 3.98. The van der Waals surface area contributed by atoms with E-state index in [1.54, 1.807) is 25.1 Å². The molecule has 1 aromatic heterocycles. The quantitative estimate of drug-likeness (QED) is 0.340. The molecule has 0 atom stereocenters. The topological polar surface area (TPSA) is 126 Å². The van der Waals surface area contributed by atoms with Gasteiger partial charge in [0.25, 0.3) is 15.9 Å². The number of rotatable bonds is 13. The van der Waals surface area contributed by atoms with Crippen molar-refractivity contribution in [1.82, 2.24) is 20.3 Å². The summed E-state index contributed by atoms with van der Waals surface area (Å²) in [4.78, 5) is 28.8. The highest BCUT2D eigenvalue weighted by Gasteiger charge is 2.18. The van der Waals surface area contributed by atoms with Crippen LogP contribution in [0.3, 0.4) is 0 Å². The van der Waals surface area contributed by atoms with Gasteiger partial charge in [0.1, 0.15) is 5.56 Å². The Morgan fingerprint density at radius 1 is 1.03 bits per heavy atom. The number of hydrogen-bond donors (Lipinski definition) is 3. The fourth-order valence-corrected chi connectivity index (χ4v) is 4.07. The summed E-state index contributed by atoms with van der Waals surface area (Å²) in [7, 11) is -3.97.